The van der Waals surface area contributed by atoms with Crippen LogP contribution < -0.4 is 15.6 Å². The molecule has 1 aromatic heterocycles. The average Bonchev–Trinajstić information content (AvgIpc) is 3.06. The van der Waals surface area contributed by atoms with Gasteiger partial charge in [0.1, 0.15) is 5.75 Å². The molecule has 1 heterocycles. The van der Waals surface area contributed by atoms with Gasteiger partial charge in [0.2, 0.25) is 5.91 Å². The van der Waals surface area contributed by atoms with Crippen LogP contribution in [0.15, 0.2) is 54.6 Å². The van der Waals surface area contributed by atoms with Gasteiger partial charge in [-0.1, -0.05) is 32.0 Å². The SMILES string of the molecule is Cc1nn(-c2ccccc2)c(C)c1CC(=O)NNC(=O)c1ccc(OCCC(C)C)cc1. The molecule has 2 aromatic carbocycles. The minimum absolute atomic E-state index is 0.118. The van der Waals surface area contributed by atoms with Gasteiger partial charge in [0.25, 0.3) is 5.91 Å². The Bertz CT molecular complexity index is 1060. The van der Waals surface area contributed by atoms with Crippen molar-refractivity contribution in [3.8, 4) is 11.4 Å². The Balaban J connectivity index is 1.54. The summed E-state index contributed by atoms with van der Waals surface area (Å²) in [4.78, 5) is 24.8. The van der Waals surface area contributed by atoms with Gasteiger partial charge in [0, 0.05) is 16.8 Å². The molecular formula is C25H30N4O3. The maximum absolute atomic E-state index is 12.4. The third kappa shape index (κ3) is 5.97. The molecule has 2 amide bonds. The van der Waals surface area contributed by atoms with Crippen molar-refractivity contribution in [3.05, 3.63) is 77.1 Å². The highest BCUT2D eigenvalue weighted by atomic mass is 16.5. The number of benzene rings is 2. The average molecular weight is 435 g/mol. The highest BCUT2D eigenvalue weighted by Gasteiger charge is 2.16. The number of hydrogen-bond acceptors (Lipinski definition) is 4. The number of para-hydroxylation sites is 1. The number of carbonyl (C=O) groups is 2. The molecule has 0 spiro atoms. The summed E-state index contributed by atoms with van der Waals surface area (Å²) >= 11 is 0. The first-order valence-corrected chi connectivity index (χ1v) is 10.8. The van der Waals surface area contributed by atoms with E-state index in [0.29, 0.717) is 23.8 Å². The van der Waals surface area contributed by atoms with Crippen LogP contribution in [0.5, 0.6) is 5.75 Å². The quantitative estimate of drug-likeness (QED) is 0.526. The van der Waals surface area contributed by atoms with Crippen LogP contribution in [0, 0.1) is 19.8 Å². The number of nitrogens with zero attached hydrogens (tertiary/aromatic N) is 2. The zero-order chi connectivity index (χ0) is 23.1. The first-order chi connectivity index (χ1) is 15.3. The van der Waals surface area contributed by atoms with E-state index in [1.165, 1.54) is 0 Å². The summed E-state index contributed by atoms with van der Waals surface area (Å²) in [6, 6.07) is 16.6. The molecule has 0 unspecified atom stereocenters. The summed E-state index contributed by atoms with van der Waals surface area (Å²) in [6.07, 6.45) is 1.09. The van der Waals surface area contributed by atoms with E-state index in [2.05, 4.69) is 29.8 Å². The fraction of sp³-hybridized carbons (Fsp3) is 0.320. The fourth-order valence-corrected chi connectivity index (χ4v) is 3.27. The molecule has 0 atom stereocenters. The summed E-state index contributed by atoms with van der Waals surface area (Å²) in [5, 5.41) is 4.55. The minimum Gasteiger partial charge on any atom is -0.494 e. The summed E-state index contributed by atoms with van der Waals surface area (Å²) < 4.78 is 7.48. The highest BCUT2D eigenvalue weighted by Crippen LogP contribution is 2.18. The molecule has 3 rings (SSSR count). The molecule has 0 aliphatic heterocycles. The Kier molecular flexibility index (Phi) is 7.65. The lowest BCUT2D eigenvalue weighted by molar-refractivity contribution is -0.121. The third-order valence-corrected chi connectivity index (χ3v) is 5.18. The van der Waals surface area contributed by atoms with Crippen molar-refractivity contribution in [2.75, 3.05) is 6.61 Å². The van der Waals surface area contributed by atoms with Crippen LogP contribution in [-0.4, -0.2) is 28.2 Å². The molecule has 0 saturated carbocycles. The molecule has 32 heavy (non-hydrogen) atoms. The molecule has 2 N–H and O–H groups in total. The van der Waals surface area contributed by atoms with Gasteiger partial charge < -0.3 is 4.74 Å². The van der Waals surface area contributed by atoms with Gasteiger partial charge in [0.05, 0.1) is 24.4 Å². The molecular weight excluding hydrogens is 404 g/mol. The van der Waals surface area contributed by atoms with E-state index in [0.717, 1.165) is 29.1 Å². The van der Waals surface area contributed by atoms with Gasteiger partial charge in [-0.05, 0) is 62.6 Å². The van der Waals surface area contributed by atoms with Gasteiger partial charge in [0.15, 0.2) is 0 Å². The van der Waals surface area contributed by atoms with Crippen LogP contribution in [0.1, 0.15) is 47.6 Å². The number of ether oxygens (including phenoxy) is 1. The maximum Gasteiger partial charge on any atom is 0.269 e. The van der Waals surface area contributed by atoms with Crippen molar-refractivity contribution >= 4 is 11.8 Å². The number of aromatic nitrogens is 2. The summed E-state index contributed by atoms with van der Waals surface area (Å²) in [5.41, 5.74) is 8.83. The molecule has 0 aliphatic rings. The van der Waals surface area contributed by atoms with Crippen LogP contribution >= 0.6 is 0 Å². The van der Waals surface area contributed by atoms with Crippen molar-refractivity contribution in [3.63, 3.8) is 0 Å². The van der Waals surface area contributed by atoms with Crippen molar-refractivity contribution < 1.29 is 14.3 Å². The monoisotopic (exact) mass is 434 g/mol. The first-order valence-electron chi connectivity index (χ1n) is 10.8. The Morgan fingerprint density at radius 3 is 2.34 bits per heavy atom. The van der Waals surface area contributed by atoms with Gasteiger partial charge in [-0.2, -0.15) is 5.10 Å². The standard InChI is InChI=1S/C25H30N4O3/c1-17(2)14-15-32-22-12-10-20(11-13-22)25(31)27-26-24(30)16-23-18(3)28-29(19(23)4)21-8-6-5-7-9-21/h5-13,17H,14-16H2,1-4H3,(H,26,30)(H,27,31). The Hall–Kier alpha value is -3.61. The molecule has 0 aliphatic carbocycles. The summed E-state index contributed by atoms with van der Waals surface area (Å²) in [5.74, 6) is 0.586. The molecule has 0 fully saturated rings. The van der Waals surface area contributed by atoms with Crippen molar-refractivity contribution in [2.24, 2.45) is 5.92 Å². The number of aryl methyl sites for hydroxylation is 1. The normalized spacial score (nSPS) is 10.8. The number of hydrogen-bond donors (Lipinski definition) is 2. The molecule has 7 heteroatoms. The minimum atomic E-state index is -0.388. The van der Waals surface area contributed by atoms with Gasteiger partial charge in [-0.25, -0.2) is 4.68 Å². The van der Waals surface area contributed by atoms with E-state index in [9.17, 15) is 9.59 Å². The predicted octanol–water partition coefficient (Wildman–Crippen LogP) is 3.92. The van der Waals surface area contributed by atoms with E-state index in [1.807, 2.05) is 48.9 Å². The number of carbonyl (C=O) groups excluding carboxylic acids is 2. The maximum atomic E-state index is 12.4. The number of hydrazine groups is 1. The van der Waals surface area contributed by atoms with E-state index >= 15 is 0 Å². The molecule has 0 radical (unpaired) electrons. The second kappa shape index (κ2) is 10.6. The summed E-state index contributed by atoms with van der Waals surface area (Å²) in [6.45, 7) is 8.72. The van der Waals surface area contributed by atoms with E-state index in [4.69, 9.17) is 4.74 Å². The van der Waals surface area contributed by atoms with E-state index < -0.39 is 0 Å². The Morgan fingerprint density at radius 2 is 1.69 bits per heavy atom. The molecule has 3 aromatic rings. The number of amides is 2. The molecule has 168 valence electrons. The molecule has 0 bridgehead atoms. The zero-order valence-corrected chi connectivity index (χ0v) is 19.0. The van der Waals surface area contributed by atoms with Crippen LogP contribution in [0.4, 0.5) is 0 Å². The second-order valence-electron chi connectivity index (χ2n) is 8.13. The van der Waals surface area contributed by atoms with Crippen LogP contribution in [0.3, 0.4) is 0 Å². The zero-order valence-electron chi connectivity index (χ0n) is 19.0. The van der Waals surface area contributed by atoms with Gasteiger partial charge in [-0.15, -0.1) is 0 Å². The fourth-order valence-electron chi connectivity index (χ4n) is 3.27. The largest absolute Gasteiger partial charge is 0.494 e. The van der Waals surface area contributed by atoms with Gasteiger partial charge >= 0.3 is 0 Å². The highest BCUT2D eigenvalue weighted by molar-refractivity contribution is 5.95. The topological polar surface area (TPSA) is 85.3 Å². The van der Waals surface area contributed by atoms with Crippen LogP contribution in [0.25, 0.3) is 5.69 Å². The Morgan fingerprint density at radius 1 is 1.00 bits per heavy atom. The molecule has 7 nitrogen and oxygen atoms in total. The molecule has 0 saturated heterocycles. The van der Waals surface area contributed by atoms with E-state index in [-0.39, 0.29) is 18.2 Å². The summed E-state index contributed by atoms with van der Waals surface area (Å²) in [7, 11) is 0. The van der Waals surface area contributed by atoms with Gasteiger partial charge in [-0.3, -0.25) is 20.4 Å². The number of nitrogens with one attached hydrogen (secondary N) is 2. The lowest BCUT2D eigenvalue weighted by Crippen LogP contribution is -2.42. The smallest absolute Gasteiger partial charge is 0.269 e. The second-order valence-corrected chi connectivity index (χ2v) is 8.13. The Labute approximate surface area is 188 Å². The van der Waals surface area contributed by atoms with Crippen molar-refractivity contribution in [1.29, 1.82) is 0 Å². The van der Waals surface area contributed by atoms with E-state index in [1.54, 1.807) is 24.3 Å². The third-order valence-electron chi connectivity index (χ3n) is 5.18. The predicted molar refractivity (Wildman–Crippen MR) is 124 cm³/mol. The van der Waals surface area contributed by atoms with Crippen LogP contribution in [-0.2, 0) is 11.2 Å². The van der Waals surface area contributed by atoms with Crippen LogP contribution in [0.2, 0.25) is 0 Å². The van der Waals surface area contributed by atoms with Crippen molar-refractivity contribution in [2.45, 2.75) is 40.5 Å². The lowest BCUT2D eigenvalue weighted by atomic mass is 10.1. The lowest BCUT2D eigenvalue weighted by Gasteiger charge is -2.10. The first kappa shape index (κ1) is 23.1. The van der Waals surface area contributed by atoms with Crippen molar-refractivity contribution in [1.82, 2.24) is 20.6 Å². The number of rotatable bonds is 8.